The molecule has 0 radical (unpaired) electrons. The SMILES string of the molecule is C#C.C/C=C(\C=C(/C)C(F)(F)F)C1=CCC=CC(/C=N/Nc2ncc(F)c(N3CCOCC3)n2)=N1.C=O. The van der Waals surface area contributed by atoms with E-state index in [9.17, 15) is 17.6 Å². The second kappa shape index (κ2) is 15.8. The highest BCUT2D eigenvalue weighted by Gasteiger charge is 2.30. The Kier molecular flexibility index (Phi) is 13.2. The van der Waals surface area contributed by atoms with Gasteiger partial charge in [-0.25, -0.2) is 19.8 Å². The van der Waals surface area contributed by atoms with Gasteiger partial charge in [0.25, 0.3) is 0 Å². The van der Waals surface area contributed by atoms with Gasteiger partial charge in [-0.15, -0.1) is 12.8 Å². The zero-order valence-electron chi connectivity index (χ0n) is 20.5. The number of rotatable bonds is 6. The molecule has 3 rings (SSSR count). The highest BCUT2D eigenvalue weighted by atomic mass is 19.4. The summed E-state index contributed by atoms with van der Waals surface area (Å²) in [6.45, 7) is 6.67. The number of hydrogen-bond donors (Lipinski definition) is 1. The first-order valence-corrected chi connectivity index (χ1v) is 10.9. The van der Waals surface area contributed by atoms with Gasteiger partial charge in [0.1, 0.15) is 6.79 Å². The zero-order valence-corrected chi connectivity index (χ0v) is 20.5. The van der Waals surface area contributed by atoms with Gasteiger partial charge in [-0.05, 0) is 38.0 Å². The summed E-state index contributed by atoms with van der Waals surface area (Å²) in [5.74, 6) is -0.285. The molecule has 0 aromatic carbocycles. The van der Waals surface area contributed by atoms with Crippen molar-refractivity contribution < 1.29 is 27.1 Å². The van der Waals surface area contributed by atoms with Crippen LogP contribution in [-0.2, 0) is 9.53 Å². The Morgan fingerprint density at radius 1 is 1.27 bits per heavy atom. The first-order valence-electron chi connectivity index (χ1n) is 10.9. The summed E-state index contributed by atoms with van der Waals surface area (Å²) in [4.78, 5) is 22.2. The standard InChI is InChI=1S/C22H24F4N6O.C2H2.CH2O/c1-3-16(12-15(2)22(24,25)26)19-7-5-4-6-17(29-19)13-28-31-21-27-14-18(23)20(30-21)32-8-10-33-11-9-32;2*1-2/h3-4,6-7,12-14H,5,8-11H2,1-2H3,(H,27,30,31);1-2H;1H2/b15-12+,16-3+,28-13+;;. The summed E-state index contributed by atoms with van der Waals surface area (Å²) < 4.78 is 58.2. The Morgan fingerprint density at radius 3 is 2.57 bits per heavy atom. The van der Waals surface area contributed by atoms with Crippen molar-refractivity contribution in [2.24, 2.45) is 10.1 Å². The number of nitrogens with one attached hydrogen (secondary N) is 1. The molecule has 0 unspecified atom stereocenters. The molecule has 1 aromatic rings. The fourth-order valence-corrected chi connectivity index (χ4v) is 3.03. The number of allylic oxidation sites excluding steroid dienone is 6. The molecule has 2 aliphatic heterocycles. The van der Waals surface area contributed by atoms with Crippen molar-refractivity contribution in [1.29, 1.82) is 0 Å². The monoisotopic (exact) mass is 520 g/mol. The highest BCUT2D eigenvalue weighted by Crippen LogP contribution is 2.28. The minimum Gasteiger partial charge on any atom is -0.378 e. The number of aliphatic imine (C=N–C) groups is 1. The van der Waals surface area contributed by atoms with Gasteiger partial charge in [-0.1, -0.05) is 18.2 Å². The number of aromatic nitrogens is 2. The normalized spacial score (nSPS) is 16.5. The third kappa shape index (κ3) is 9.81. The van der Waals surface area contributed by atoms with E-state index in [1.54, 1.807) is 30.1 Å². The number of hydrazone groups is 1. The van der Waals surface area contributed by atoms with E-state index in [2.05, 4.69) is 38.3 Å². The number of halogens is 4. The smallest absolute Gasteiger partial charge is 0.378 e. The fraction of sp³-hybridized carbons (Fsp3) is 0.320. The molecule has 2 aliphatic rings. The molecule has 1 fully saturated rings. The van der Waals surface area contributed by atoms with Gasteiger partial charge in [0.2, 0.25) is 5.95 Å². The van der Waals surface area contributed by atoms with Crippen LogP contribution in [-0.4, -0.2) is 61.2 Å². The second-order valence-corrected chi connectivity index (χ2v) is 7.17. The lowest BCUT2D eigenvalue weighted by Crippen LogP contribution is -2.37. The maximum absolute atomic E-state index is 14.1. The van der Waals surface area contributed by atoms with Crippen molar-refractivity contribution in [1.82, 2.24) is 9.97 Å². The largest absolute Gasteiger partial charge is 0.412 e. The maximum Gasteiger partial charge on any atom is 0.412 e. The van der Waals surface area contributed by atoms with Crippen LogP contribution in [0.5, 0.6) is 0 Å². The van der Waals surface area contributed by atoms with E-state index in [1.165, 1.54) is 6.21 Å². The van der Waals surface area contributed by atoms with E-state index < -0.39 is 17.6 Å². The van der Waals surface area contributed by atoms with Gasteiger partial charge >= 0.3 is 6.18 Å². The third-order valence-electron chi connectivity index (χ3n) is 4.81. The van der Waals surface area contributed by atoms with Crippen molar-refractivity contribution in [2.45, 2.75) is 26.4 Å². The number of carbonyl (C=O) groups excluding carboxylic acids is 1. The molecule has 37 heavy (non-hydrogen) atoms. The van der Waals surface area contributed by atoms with E-state index >= 15 is 0 Å². The Balaban J connectivity index is 0.00000163. The van der Waals surface area contributed by atoms with Gasteiger partial charge in [-0.3, -0.25) is 0 Å². The third-order valence-corrected chi connectivity index (χ3v) is 4.81. The molecule has 1 aromatic heterocycles. The minimum atomic E-state index is -4.41. The molecule has 0 saturated carbocycles. The lowest BCUT2D eigenvalue weighted by molar-refractivity contribution is -0.0980. The van der Waals surface area contributed by atoms with Crippen molar-refractivity contribution >= 4 is 30.5 Å². The summed E-state index contributed by atoms with van der Waals surface area (Å²) >= 11 is 0. The van der Waals surface area contributed by atoms with Crippen LogP contribution in [0, 0.1) is 18.7 Å². The summed E-state index contributed by atoms with van der Waals surface area (Å²) in [5.41, 5.74) is 3.10. The number of hydrogen-bond acceptors (Lipinski definition) is 8. The Hall–Kier alpha value is -4.11. The predicted octanol–water partition coefficient (Wildman–Crippen LogP) is 4.65. The summed E-state index contributed by atoms with van der Waals surface area (Å²) in [6, 6.07) is 0. The van der Waals surface area contributed by atoms with Crippen LogP contribution in [0.3, 0.4) is 0 Å². The molecule has 8 nitrogen and oxygen atoms in total. The van der Waals surface area contributed by atoms with Crippen molar-refractivity contribution in [3.05, 3.63) is 59.2 Å². The minimum absolute atomic E-state index is 0.0981. The topological polar surface area (TPSA) is 92.1 Å². The molecule has 1 saturated heterocycles. The van der Waals surface area contributed by atoms with E-state index in [-0.39, 0.29) is 11.8 Å². The fourth-order valence-electron chi connectivity index (χ4n) is 3.03. The molecule has 198 valence electrons. The van der Waals surface area contributed by atoms with Crippen LogP contribution in [0.1, 0.15) is 20.3 Å². The van der Waals surface area contributed by atoms with Gasteiger partial charge in [0.05, 0.1) is 37.0 Å². The molecule has 0 bridgehead atoms. The summed E-state index contributed by atoms with van der Waals surface area (Å²) in [5, 5.41) is 4.05. The first-order chi connectivity index (χ1) is 17.8. The van der Waals surface area contributed by atoms with Crippen LogP contribution in [0.25, 0.3) is 0 Å². The maximum atomic E-state index is 14.1. The molecule has 0 spiro atoms. The van der Waals surface area contributed by atoms with E-state index in [1.807, 2.05) is 12.9 Å². The van der Waals surface area contributed by atoms with E-state index in [0.29, 0.717) is 49.7 Å². The predicted molar refractivity (Wildman–Crippen MR) is 137 cm³/mol. The second-order valence-electron chi connectivity index (χ2n) is 7.17. The lowest BCUT2D eigenvalue weighted by Gasteiger charge is -2.27. The number of morpholine rings is 1. The van der Waals surface area contributed by atoms with Crippen LogP contribution >= 0.6 is 0 Å². The average molecular weight is 521 g/mol. The molecule has 0 atom stereocenters. The first kappa shape index (κ1) is 30.9. The average Bonchev–Trinajstić information content (AvgIpc) is 3.16. The summed E-state index contributed by atoms with van der Waals surface area (Å²) in [7, 11) is 0. The van der Waals surface area contributed by atoms with Gasteiger partial charge in [0, 0.05) is 18.7 Å². The van der Waals surface area contributed by atoms with Crippen LogP contribution in [0.2, 0.25) is 0 Å². The number of ether oxygens (including phenoxy) is 1. The zero-order chi connectivity index (χ0) is 27.8. The van der Waals surface area contributed by atoms with Gasteiger partial charge < -0.3 is 14.4 Å². The summed E-state index contributed by atoms with van der Waals surface area (Å²) in [6.07, 6.45) is 14.4. The Morgan fingerprint density at radius 2 is 1.95 bits per heavy atom. The number of terminal acetylenes is 1. The van der Waals surface area contributed by atoms with E-state index in [0.717, 1.165) is 19.2 Å². The number of nitrogens with zero attached hydrogens (tertiary/aromatic N) is 5. The lowest BCUT2D eigenvalue weighted by atomic mass is 10.1. The molecule has 12 heteroatoms. The number of carbonyl (C=O) groups is 1. The molecular weight excluding hydrogens is 492 g/mol. The molecule has 0 amide bonds. The number of anilines is 2. The molecule has 3 heterocycles. The Labute approximate surface area is 213 Å². The molecule has 1 N–H and O–H groups in total. The molecule has 0 aliphatic carbocycles. The van der Waals surface area contributed by atoms with Crippen molar-refractivity contribution in [3.63, 3.8) is 0 Å². The van der Waals surface area contributed by atoms with Crippen LogP contribution in [0.15, 0.2) is 63.5 Å². The van der Waals surface area contributed by atoms with Crippen molar-refractivity contribution in [3.8, 4) is 12.8 Å². The van der Waals surface area contributed by atoms with Crippen LogP contribution in [0.4, 0.5) is 29.3 Å². The highest BCUT2D eigenvalue weighted by molar-refractivity contribution is 6.36. The molecular formula is C25H28F4N6O2. The van der Waals surface area contributed by atoms with Gasteiger partial charge in [0.15, 0.2) is 11.6 Å². The van der Waals surface area contributed by atoms with Crippen LogP contribution < -0.4 is 10.3 Å². The quantitative estimate of drug-likeness (QED) is 0.193. The van der Waals surface area contributed by atoms with Gasteiger partial charge in [-0.2, -0.15) is 23.3 Å². The number of alkyl halides is 3. The Bertz CT molecular complexity index is 1100. The van der Waals surface area contributed by atoms with Crippen molar-refractivity contribution in [2.75, 3.05) is 36.6 Å². The van der Waals surface area contributed by atoms with E-state index in [4.69, 9.17) is 9.53 Å².